The van der Waals surface area contributed by atoms with E-state index in [1.54, 1.807) is 18.2 Å². The SMILES string of the molecule is COC(=O)c1ccc2c(c1)COC(C(Cl)(Cl)Cl)N2. The van der Waals surface area contributed by atoms with Crippen molar-refractivity contribution < 1.29 is 14.3 Å². The molecule has 1 N–H and O–H groups in total. The number of methoxy groups -OCH3 is 1. The first-order valence-corrected chi connectivity index (χ1v) is 6.21. The molecule has 0 aliphatic carbocycles. The molecule has 7 heteroatoms. The molecular formula is C11H10Cl3NO3. The van der Waals surface area contributed by atoms with E-state index >= 15 is 0 Å². The maximum atomic E-state index is 11.4. The van der Waals surface area contributed by atoms with Crippen LogP contribution in [0.3, 0.4) is 0 Å². The Kier molecular flexibility index (Phi) is 3.92. The van der Waals surface area contributed by atoms with E-state index in [-0.39, 0.29) is 6.61 Å². The summed E-state index contributed by atoms with van der Waals surface area (Å²) >= 11 is 17.3. The van der Waals surface area contributed by atoms with Gasteiger partial charge in [-0.1, -0.05) is 34.8 Å². The molecule has 0 fully saturated rings. The molecular weight excluding hydrogens is 300 g/mol. The molecule has 1 aromatic rings. The number of hydrogen-bond donors (Lipinski definition) is 1. The number of fused-ring (bicyclic) bond motifs is 1. The maximum Gasteiger partial charge on any atom is 0.337 e. The van der Waals surface area contributed by atoms with Crippen LogP contribution < -0.4 is 5.32 Å². The van der Waals surface area contributed by atoms with E-state index in [1.165, 1.54) is 7.11 Å². The molecule has 2 rings (SSSR count). The lowest BCUT2D eigenvalue weighted by Gasteiger charge is -2.31. The second-order valence-electron chi connectivity index (χ2n) is 3.74. The van der Waals surface area contributed by atoms with Gasteiger partial charge in [0, 0.05) is 11.3 Å². The van der Waals surface area contributed by atoms with Gasteiger partial charge in [0.15, 0.2) is 6.23 Å². The lowest BCUT2D eigenvalue weighted by Crippen LogP contribution is -2.39. The summed E-state index contributed by atoms with van der Waals surface area (Å²) in [5.41, 5.74) is 2.03. The second-order valence-corrected chi connectivity index (χ2v) is 6.11. The number of esters is 1. The Labute approximate surface area is 119 Å². The molecule has 0 aromatic heterocycles. The van der Waals surface area contributed by atoms with Crippen LogP contribution in [0.5, 0.6) is 0 Å². The number of anilines is 1. The zero-order chi connectivity index (χ0) is 13.3. The lowest BCUT2D eigenvalue weighted by molar-refractivity contribution is 0.0534. The third-order valence-electron chi connectivity index (χ3n) is 2.52. The van der Waals surface area contributed by atoms with Crippen LogP contribution in [0.4, 0.5) is 5.69 Å². The molecule has 1 unspecified atom stereocenters. The number of carbonyl (C=O) groups excluding carboxylic acids is 1. The third-order valence-corrected chi connectivity index (χ3v) is 3.11. The van der Waals surface area contributed by atoms with Gasteiger partial charge in [-0.25, -0.2) is 4.79 Å². The third kappa shape index (κ3) is 2.83. The van der Waals surface area contributed by atoms with Crippen molar-refractivity contribution in [3.8, 4) is 0 Å². The number of nitrogens with one attached hydrogen (secondary N) is 1. The molecule has 0 saturated carbocycles. The zero-order valence-corrected chi connectivity index (χ0v) is 11.6. The van der Waals surface area contributed by atoms with E-state index < -0.39 is 16.0 Å². The van der Waals surface area contributed by atoms with Gasteiger partial charge >= 0.3 is 5.97 Å². The summed E-state index contributed by atoms with van der Waals surface area (Å²) in [6, 6.07) is 5.05. The average molecular weight is 311 g/mol. The molecule has 1 aliphatic heterocycles. The second kappa shape index (κ2) is 5.13. The Hall–Kier alpha value is -0.680. The molecule has 1 aromatic carbocycles. The summed E-state index contributed by atoms with van der Waals surface area (Å²) in [7, 11) is 1.33. The molecule has 1 heterocycles. The van der Waals surface area contributed by atoms with Crippen LogP contribution in [0.2, 0.25) is 0 Å². The van der Waals surface area contributed by atoms with Gasteiger partial charge in [0.25, 0.3) is 0 Å². The molecule has 98 valence electrons. The number of rotatable bonds is 1. The minimum Gasteiger partial charge on any atom is -0.465 e. The van der Waals surface area contributed by atoms with E-state index in [1.807, 2.05) is 0 Å². The Bertz CT molecular complexity index is 473. The summed E-state index contributed by atoms with van der Waals surface area (Å²) in [6.45, 7) is 0.256. The molecule has 1 aliphatic rings. The van der Waals surface area contributed by atoms with Gasteiger partial charge in [-0.3, -0.25) is 0 Å². The van der Waals surface area contributed by atoms with Crippen LogP contribution >= 0.6 is 34.8 Å². The molecule has 0 radical (unpaired) electrons. The maximum absolute atomic E-state index is 11.4. The molecule has 0 spiro atoms. The van der Waals surface area contributed by atoms with Gasteiger partial charge in [0.05, 0.1) is 19.3 Å². The summed E-state index contributed by atoms with van der Waals surface area (Å²) in [4.78, 5) is 11.4. The Balaban J connectivity index is 2.23. The van der Waals surface area contributed by atoms with Gasteiger partial charge in [-0.15, -0.1) is 0 Å². The molecule has 4 nitrogen and oxygen atoms in total. The van der Waals surface area contributed by atoms with Crippen LogP contribution in [0, 0.1) is 0 Å². The first kappa shape index (κ1) is 13.7. The van der Waals surface area contributed by atoms with Gasteiger partial charge in [-0.2, -0.15) is 0 Å². The number of ether oxygens (including phenoxy) is 2. The first-order chi connectivity index (χ1) is 8.41. The number of hydrogen-bond acceptors (Lipinski definition) is 4. The molecule has 0 amide bonds. The quantitative estimate of drug-likeness (QED) is 0.639. The van der Waals surface area contributed by atoms with Gasteiger partial charge in [0.1, 0.15) is 0 Å². The van der Waals surface area contributed by atoms with Crippen LogP contribution in [0.25, 0.3) is 0 Å². The van der Waals surface area contributed by atoms with Crippen molar-refractivity contribution in [1.29, 1.82) is 0 Å². The topological polar surface area (TPSA) is 47.6 Å². The van der Waals surface area contributed by atoms with Crippen molar-refractivity contribution in [2.45, 2.75) is 16.6 Å². The lowest BCUT2D eigenvalue weighted by atomic mass is 10.1. The average Bonchev–Trinajstić information content (AvgIpc) is 2.35. The number of halogens is 3. The summed E-state index contributed by atoms with van der Waals surface area (Å²) in [5, 5.41) is 2.95. The molecule has 0 bridgehead atoms. The molecule has 18 heavy (non-hydrogen) atoms. The molecule has 1 atom stereocenters. The fourth-order valence-corrected chi connectivity index (χ4v) is 1.98. The predicted octanol–water partition coefficient (Wildman–Crippen LogP) is 3.11. The van der Waals surface area contributed by atoms with E-state index in [0.717, 1.165) is 11.3 Å². The fourth-order valence-electron chi connectivity index (χ4n) is 1.63. The normalized spacial score (nSPS) is 18.8. The van der Waals surface area contributed by atoms with E-state index in [0.29, 0.717) is 5.56 Å². The van der Waals surface area contributed by atoms with Crippen molar-refractivity contribution in [2.24, 2.45) is 0 Å². The Morgan fingerprint density at radius 2 is 2.22 bits per heavy atom. The summed E-state index contributed by atoms with van der Waals surface area (Å²) in [6.07, 6.45) is -0.723. The zero-order valence-electron chi connectivity index (χ0n) is 9.38. The standard InChI is InChI=1S/C11H10Cl3NO3/c1-17-9(16)6-2-3-8-7(4-6)5-18-10(15-8)11(12,13)14/h2-4,10,15H,5H2,1H3. The summed E-state index contributed by atoms with van der Waals surface area (Å²) < 4.78 is 8.46. The highest BCUT2D eigenvalue weighted by molar-refractivity contribution is 6.68. The van der Waals surface area contributed by atoms with Crippen LogP contribution in [0.15, 0.2) is 18.2 Å². The van der Waals surface area contributed by atoms with E-state index in [2.05, 4.69) is 10.1 Å². The predicted molar refractivity (Wildman–Crippen MR) is 70.3 cm³/mol. The largest absolute Gasteiger partial charge is 0.465 e. The van der Waals surface area contributed by atoms with Crippen LogP contribution in [0.1, 0.15) is 15.9 Å². The van der Waals surface area contributed by atoms with Crippen molar-refractivity contribution in [1.82, 2.24) is 0 Å². The van der Waals surface area contributed by atoms with Gasteiger partial charge in [0.2, 0.25) is 3.79 Å². The highest BCUT2D eigenvalue weighted by Gasteiger charge is 2.36. The van der Waals surface area contributed by atoms with Crippen molar-refractivity contribution in [3.63, 3.8) is 0 Å². The first-order valence-electron chi connectivity index (χ1n) is 5.08. The smallest absolute Gasteiger partial charge is 0.337 e. The minimum absolute atomic E-state index is 0.256. The highest BCUT2D eigenvalue weighted by Crippen LogP contribution is 2.37. The van der Waals surface area contributed by atoms with Gasteiger partial charge < -0.3 is 14.8 Å². The van der Waals surface area contributed by atoms with Crippen molar-refractivity contribution >= 4 is 46.5 Å². The highest BCUT2D eigenvalue weighted by atomic mass is 35.6. The number of carbonyl (C=O) groups is 1. The summed E-state index contributed by atoms with van der Waals surface area (Å²) in [5.74, 6) is -0.402. The van der Waals surface area contributed by atoms with Crippen LogP contribution in [-0.2, 0) is 16.1 Å². The number of benzene rings is 1. The Morgan fingerprint density at radius 1 is 1.50 bits per heavy atom. The molecule has 0 saturated heterocycles. The van der Waals surface area contributed by atoms with E-state index in [9.17, 15) is 4.79 Å². The minimum atomic E-state index is -1.56. The number of alkyl halides is 3. The fraction of sp³-hybridized carbons (Fsp3) is 0.364. The van der Waals surface area contributed by atoms with Gasteiger partial charge in [-0.05, 0) is 18.2 Å². The van der Waals surface area contributed by atoms with E-state index in [4.69, 9.17) is 39.5 Å². The van der Waals surface area contributed by atoms with Crippen molar-refractivity contribution in [3.05, 3.63) is 29.3 Å². The van der Waals surface area contributed by atoms with Crippen molar-refractivity contribution in [2.75, 3.05) is 12.4 Å². The van der Waals surface area contributed by atoms with Crippen LogP contribution in [-0.4, -0.2) is 23.1 Å². The Morgan fingerprint density at radius 3 is 2.83 bits per heavy atom. The monoisotopic (exact) mass is 309 g/mol.